The highest BCUT2D eigenvalue weighted by molar-refractivity contribution is 5.68. The zero-order chi connectivity index (χ0) is 14.7. The van der Waals surface area contributed by atoms with E-state index in [9.17, 15) is 10.1 Å². The van der Waals surface area contributed by atoms with Gasteiger partial charge in [-0.25, -0.2) is 4.98 Å². The summed E-state index contributed by atoms with van der Waals surface area (Å²) in [4.78, 5) is 19.6. The molecule has 2 rings (SSSR count). The average Bonchev–Trinajstić information content (AvgIpc) is 2.46. The molecule has 0 aliphatic carbocycles. The van der Waals surface area contributed by atoms with Crippen LogP contribution in [0.1, 0.15) is 0 Å². The van der Waals surface area contributed by atoms with Gasteiger partial charge in [-0.1, -0.05) is 6.07 Å². The number of aromatic nitrogens is 2. The van der Waals surface area contributed by atoms with Crippen molar-refractivity contribution in [3.8, 4) is 5.75 Å². The Bertz CT molecular complexity index is 647. The summed E-state index contributed by atoms with van der Waals surface area (Å²) >= 11 is 0. The Morgan fingerprint density at radius 2 is 2.20 bits per heavy atom. The van der Waals surface area contributed by atoms with Crippen molar-refractivity contribution in [2.24, 2.45) is 0 Å². The molecule has 1 heterocycles. The fourth-order valence-corrected chi connectivity index (χ4v) is 1.70. The van der Waals surface area contributed by atoms with Crippen LogP contribution in [0, 0.1) is 10.1 Å². The van der Waals surface area contributed by atoms with E-state index in [4.69, 9.17) is 10.5 Å². The second-order valence-corrected chi connectivity index (χ2v) is 3.95. The van der Waals surface area contributed by atoms with Crippen LogP contribution in [0.2, 0.25) is 0 Å². The van der Waals surface area contributed by atoms with Crippen molar-refractivity contribution < 1.29 is 9.66 Å². The number of nitrogens with two attached hydrogens (primary N) is 1. The molecule has 8 heteroatoms. The van der Waals surface area contributed by atoms with E-state index in [-0.39, 0.29) is 17.5 Å². The van der Waals surface area contributed by atoms with Gasteiger partial charge in [0.05, 0.1) is 12.0 Å². The van der Waals surface area contributed by atoms with Crippen molar-refractivity contribution in [3.05, 3.63) is 40.6 Å². The Balaban J connectivity index is 2.49. The lowest BCUT2D eigenvalue weighted by atomic mass is 10.2. The number of rotatable bonds is 4. The molecule has 104 valence electrons. The van der Waals surface area contributed by atoms with Gasteiger partial charge in [0.2, 0.25) is 11.8 Å². The molecule has 20 heavy (non-hydrogen) atoms. The van der Waals surface area contributed by atoms with Crippen LogP contribution in [0.5, 0.6) is 5.75 Å². The van der Waals surface area contributed by atoms with Gasteiger partial charge in [-0.2, -0.15) is 4.98 Å². The van der Waals surface area contributed by atoms with E-state index in [1.54, 1.807) is 43.3 Å². The summed E-state index contributed by atoms with van der Waals surface area (Å²) in [5.74, 6) is 0.732. The monoisotopic (exact) mass is 275 g/mol. The van der Waals surface area contributed by atoms with Crippen molar-refractivity contribution in [1.29, 1.82) is 0 Å². The molecule has 2 aromatic rings. The molecule has 0 amide bonds. The number of nitrogen functional groups attached to an aromatic ring is 1. The molecule has 2 N–H and O–H groups in total. The minimum absolute atomic E-state index is 0.0275. The number of hydrogen-bond acceptors (Lipinski definition) is 7. The highest BCUT2D eigenvalue weighted by Crippen LogP contribution is 2.31. The van der Waals surface area contributed by atoms with Crippen LogP contribution in [0.4, 0.5) is 23.1 Å². The standard InChI is InChI=1S/C12H13N5O3/c1-16(8-4-3-5-9(6-8)20-2)11-10(17(18)19)7-14-12(13)15-11/h3-7H,1-2H3,(H2,13,14,15). The van der Waals surface area contributed by atoms with Crippen molar-refractivity contribution in [2.45, 2.75) is 0 Å². The molecule has 0 aliphatic heterocycles. The van der Waals surface area contributed by atoms with E-state index in [0.717, 1.165) is 6.20 Å². The number of hydrogen-bond donors (Lipinski definition) is 1. The third-order valence-corrected chi connectivity index (χ3v) is 2.72. The fourth-order valence-electron chi connectivity index (χ4n) is 1.70. The predicted molar refractivity (Wildman–Crippen MR) is 74.2 cm³/mol. The first-order chi connectivity index (χ1) is 9.52. The first-order valence-electron chi connectivity index (χ1n) is 5.67. The van der Waals surface area contributed by atoms with E-state index >= 15 is 0 Å². The van der Waals surface area contributed by atoms with E-state index in [0.29, 0.717) is 11.4 Å². The summed E-state index contributed by atoms with van der Waals surface area (Å²) < 4.78 is 5.12. The molecule has 0 atom stereocenters. The van der Waals surface area contributed by atoms with Gasteiger partial charge in [0, 0.05) is 18.8 Å². The fraction of sp³-hybridized carbons (Fsp3) is 0.167. The van der Waals surface area contributed by atoms with Gasteiger partial charge < -0.3 is 15.4 Å². The normalized spacial score (nSPS) is 10.1. The Kier molecular flexibility index (Phi) is 3.65. The topological polar surface area (TPSA) is 107 Å². The maximum atomic E-state index is 11.0. The van der Waals surface area contributed by atoms with Gasteiger partial charge in [-0.05, 0) is 12.1 Å². The summed E-state index contributed by atoms with van der Waals surface area (Å²) in [5.41, 5.74) is 5.97. The van der Waals surface area contributed by atoms with Crippen molar-refractivity contribution in [2.75, 3.05) is 24.8 Å². The number of methoxy groups -OCH3 is 1. The second-order valence-electron chi connectivity index (χ2n) is 3.95. The average molecular weight is 275 g/mol. The van der Waals surface area contributed by atoms with Gasteiger partial charge in [0.25, 0.3) is 0 Å². The lowest BCUT2D eigenvalue weighted by Crippen LogP contribution is -2.15. The highest BCUT2D eigenvalue weighted by atomic mass is 16.6. The third-order valence-electron chi connectivity index (χ3n) is 2.72. The van der Waals surface area contributed by atoms with Gasteiger partial charge in [-0.3, -0.25) is 10.1 Å². The summed E-state index contributed by atoms with van der Waals surface area (Å²) in [5, 5.41) is 11.0. The Hall–Kier alpha value is -2.90. The first-order valence-corrected chi connectivity index (χ1v) is 5.67. The van der Waals surface area contributed by atoms with Crippen LogP contribution in [-0.2, 0) is 0 Å². The Morgan fingerprint density at radius 3 is 2.85 bits per heavy atom. The smallest absolute Gasteiger partial charge is 0.330 e. The van der Waals surface area contributed by atoms with Crippen molar-refractivity contribution >= 4 is 23.1 Å². The van der Waals surface area contributed by atoms with E-state index < -0.39 is 4.92 Å². The SMILES string of the molecule is COc1cccc(N(C)c2nc(N)ncc2[N+](=O)[O-])c1. The van der Waals surface area contributed by atoms with E-state index in [1.165, 1.54) is 0 Å². The third kappa shape index (κ3) is 2.58. The molecule has 0 fully saturated rings. The van der Waals surface area contributed by atoms with Crippen LogP contribution in [0.3, 0.4) is 0 Å². The number of benzene rings is 1. The predicted octanol–water partition coefficient (Wildman–Crippen LogP) is 1.74. The Labute approximate surface area is 115 Å². The number of nitro groups is 1. The molecule has 0 bridgehead atoms. The largest absolute Gasteiger partial charge is 0.497 e. The Morgan fingerprint density at radius 1 is 1.45 bits per heavy atom. The molecule has 0 saturated carbocycles. The van der Waals surface area contributed by atoms with E-state index in [2.05, 4.69) is 9.97 Å². The van der Waals surface area contributed by atoms with Gasteiger partial charge in [0.15, 0.2) is 0 Å². The lowest BCUT2D eigenvalue weighted by molar-refractivity contribution is -0.384. The second kappa shape index (κ2) is 5.39. The molecule has 8 nitrogen and oxygen atoms in total. The van der Waals surface area contributed by atoms with Crippen LogP contribution in [0.15, 0.2) is 30.5 Å². The summed E-state index contributed by atoms with van der Waals surface area (Å²) in [6.45, 7) is 0. The van der Waals surface area contributed by atoms with Crippen molar-refractivity contribution in [3.63, 3.8) is 0 Å². The number of nitrogens with zero attached hydrogens (tertiary/aromatic N) is 4. The minimum Gasteiger partial charge on any atom is -0.497 e. The molecular weight excluding hydrogens is 262 g/mol. The molecule has 1 aromatic heterocycles. The molecule has 0 unspecified atom stereocenters. The van der Waals surface area contributed by atoms with Crippen LogP contribution in [-0.4, -0.2) is 29.0 Å². The van der Waals surface area contributed by atoms with Crippen molar-refractivity contribution in [1.82, 2.24) is 9.97 Å². The number of anilines is 3. The highest BCUT2D eigenvalue weighted by Gasteiger charge is 2.21. The van der Waals surface area contributed by atoms with Gasteiger partial charge >= 0.3 is 5.69 Å². The van der Waals surface area contributed by atoms with Gasteiger partial charge in [-0.15, -0.1) is 0 Å². The summed E-state index contributed by atoms with van der Waals surface area (Å²) in [7, 11) is 3.20. The maximum Gasteiger partial charge on any atom is 0.330 e. The summed E-state index contributed by atoms with van der Waals surface area (Å²) in [6.07, 6.45) is 1.09. The zero-order valence-electron chi connectivity index (χ0n) is 11.0. The first kappa shape index (κ1) is 13.5. The maximum absolute atomic E-state index is 11.0. The lowest BCUT2D eigenvalue weighted by Gasteiger charge is -2.18. The van der Waals surface area contributed by atoms with E-state index in [1.807, 2.05) is 0 Å². The molecule has 0 saturated heterocycles. The molecule has 0 radical (unpaired) electrons. The van der Waals surface area contributed by atoms with Crippen LogP contribution >= 0.6 is 0 Å². The van der Waals surface area contributed by atoms with Gasteiger partial charge in [0.1, 0.15) is 11.9 Å². The number of ether oxygens (including phenoxy) is 1. The molecule has 0 aliphatic rings. The summed E-state index contributed by atoms with van der Waals surface area (Å²) in [6, 6.07) is 7.08. The zero-order valence-corrected chi connectivity index (χ0v) is 11.0. The van der Waals surface area contributed by atoms with Crippen LogP contribution in [0.25, 0.3) is 0 Å². The van der Waals surface area contributed by atoms with Crippen LogP contribution < -0.4 is 15.4 Å². The molecular formula is C12H13N5O3. The quantitative estimate of drug-likeness (QED) is 0.668. The molecule has 1 aromatic carbocycles. The molecule has 0 spiro atoms. The minimum atomic E-state index is -0.550.